The molecule has 2 amide bonds. The van der Waals surface area contributed by atoms with Crippen LogP contribution in [0, 0.1) is 6.92 Å². The fourth-order valence-electron chi connectivity index (χ4n) is 2.05. The second kappa shape index (κ2) is 4.80. The molecule has 0 radical (unpaired) electrons. The van der Waals surface area contributed by atoms with Crippen LogP contribution < -0.4 is 5.32 Å². The molecule has 1 aromatic heterocycles. The minimum absolute atomic E-state index is 0.0646. The molecule has 1 aliphatic heterocycles. The predicted octanol–water partition coefficient (Wildman–Crippen LogP) is 0.609. The third kappa shape index (κ3) is 2.23. The van der Waals surface area contributed by atoms with Crippen molar-refractivity contribution in [1.82, 2.24) is 15.4 Å². The third-order valence-electron chi connectivity index (χ3n) is 3.16. The largest absolute Gasteiger partial charge is 0.361 e. The first-order chi connectivity index (χ1) is 8.52. The highest BCUT2D eigenvalue weighted by atomic mass is 16.5. The number of amides is 2. The summed E-state index contributed by atoms with van der Waals surface area (Å²) in [6.45, 7) is 5.68. The zero-order chi connectivity index (χ0) is 13.3. The Morgan fingerprint density at radius 2 is 2.22 bits per heavy atom. The molecule has 6 heteroatoms. The van der Waals surface area contributed by atoms with Gasteiger partial charge in [-0.25, -0.2) is 0 Å². The van der Waals surface area contributed by atoms with Crippen molar-refractivity contribution in [3.05, 3.63) is 17.5 Å². The molecule has 1 N–H and O–H groups in total. The molecule has 0 saturated carbocycles. The van der Waals surface area contributed by atoms with Crippen LogP contribution in [0.3, 0.4) is 0 Å². The van der Waals surface area contributed by atoms with E-state index in [0.717, 1.165) is 0 Å². The van der Waals surface area contributed by atoms with E-state index in [0.29, 0.717) is 24.4 Å². The summed E-state index contributed by atoms with van der Waals surface area (Å²) in [7, 11) is 0. The summed E-state index contributed by atoms with van der Waals surface area (Å²) >= 11 is 0. The first-order valence-corrected chi connectivity index (χ1v) is 6.06. The standard InChI is InChI=1S/C12H17N3O3/c1-4-10-12(17)15(8(3)11(16)13-10)6-9-5-7(2)18-14-9/h5,8,10H,4,6H2,1-3H3,(H,13,16). The Hall–Kier alpha value is -1.85. The molecule has 2 atom stereocenters. The van der Waals surface area contributed by atoms with Crippen molar-refractivity contribution in [3.63, 3.8) is 0 Å². The molecule has 1 fully saturated rings. The number of rotatable bonds is 3. The second-order valence-corrected chi connectivity index (χ2v) is 4.54. The molecule has 18 heavy (non-hydrogen) atoms. The molecule has 1 aromatic rings. The molecule has 2 unspecified atom stereocenters. The molecule has 2 heterocycles. The van der Waals surface area contributed by atoms with Crippen LogP contribution in [0.4, 0.5) is 0 Å². The van der Waals surface area contributed by atoms with E-state index in [1.54, 1.807) is 24.8 Å². The number of carbonyl (C=O) groups excluding carboxylic acids is 2. The van der Waals surface area contributed by atoms with Crippen molar-refractivity contribution in [2.24, 2.45) is 0 Å². The number of carbonyl (C=O) groups is 2. The van der Waals surface area contributed by atoms with Gasteiger partial charge in [0.2, 0.25) is 11.8 Å². The number of aromatic nitrogens is 1. The Morgan fingerprint density at radius 3 is 2.78 bits per heavy atom. The number of nitrogens with zero attached hydrogens (tertiary/aromatic N) is 2. The number of aryl methyl sites for hydroxylation is 1. The van der Waals surface area contributed by atoms with Crippen molar-refractivity contribution < 1.29 is 14.1 Å². The lowest BCUT2D eigenvalue weighted by Crippen LogP contribution is -2.61. The number of hydrogen-bond donors (Lipinski definition) is 1. The van der Waals surface area contributed by atoms with Gasteiger partial charge in [-0.05, 0) is 20.3 Å². The zero-order valence-electron chi connectivity index (χ0n) is 10.8. The van der Waals surface area contributed by atoms with Gasteiger partial charge in [0, 0.05) is 6.07 Å². The summed E-state index contributed by atoms with van der Waals surface area (Å²) in [4.78, 5) is 25.5. The maximum absolute atomic E-state index is 12.2. The monoisotopic (exact) mass is 251 g/mol. The van der Waals surface area contributed by atoms with Crippen molar-refractivity contribution >= 4 is 11.8 Å². The number of nitrogens with one attached hydrogen (secondary N) is 1. The van der Waals surface area contributed by atoms with Gasteiger partial charge in [-0.15, -0.1) is 0 Å². The average molecular weight is 251 g/mol. The van der Waals surface area contributed by atoms with Crippen LogP contribution in [0.25, 0.3) is 0 Å². The van der Waals surface area contributed by atoms with Crippen molar-refractivity contribution in [2.75, 3.05) is 0 Å². The SMILES string of the molecule is CCC1NC(=O)C(C)N(Cc2cc(C)on2)C1=O. The second-order valence-electron chi connectivity index (χ2n) is 4.54. The van der Waals surface area contributed by atoms with Gasteiger partial charge in [0.1, 0.15) is 23.5 Å². The summed E-state index contributed by atoms with van der Waals surface area (Å²) < 4.78 is 4.97. The Bertz CT molecular complexity index is 469. The average Bonchev–Trinajstić information content (AvgIpc) is 2.75. The van der Waals surface area contributed by atoms with Crippen LogP contribution in [-0.2, 0) is 16.1 Å². The molecular formula is C12H17N3O3. The van der Waals surface area contributed by atoms with Crippen LogP contribution in [0.5, 0.6) is 0 Å². The Morgan fingerprint density at radius 1 is 1.50 bits per heavy atom. The van der Waals surface area contributed by atoms with E-state index in [9.17, 15) is 9.59 Å². The topological polar surface area (TPSA) is 75.4 Å². The van der Waals surface area contributed by atoms with Gasteiger partial charge in [-0.2, -0.15) is 0 Å². The van der Waals surface area contributed by atoms with Gasteiger partial charge in [-0.3, -0.25) is 9.59 Å². The summed E-state index contributed by atoms with van der Waals surface area (Å²) in [5.74, 6) is 0.505. The highest BCUT2D eigenvalue weighted by Crippen LogP contribution is 2.15. The van der Waals surface area contributed by atoms with Gasteiger partial charge >= 0.3 is 0 Å². The quantitative estimate of drug-likeness (QED) is 0.854. The van der Waals surface area contributed by atoms with Crippen molar-refractivity contribution in [1.29, 1.82) is 0 Å². The minimum atomic E-state index is -0.475. The highest BCUT2D eigenvalue weighted by Gasteiger charge is 2.37. The van der Waals surface area contributed by atoms with Crippen LogP contribution in [0.2, 0.25) is 0 Å². The fraction of sp³-hybridized carbons (Fsp3) is 0.583. The lowest BCUT2D eigenvalue weighted by molar-refractivity contribution is -0.149. The zero-order valence-corrected chi connectivity index (χ0v) is 10.8. The van der Waals surface area contributed by atoms with E-state index in [1.807, 2.05) is 6.92 Å². The van der Waals surface area contributed by atoms with Crippen LogP contribution in [-0.4, -0.2) is 34.0 Å². The summed E-state index contributed by atoms with van der Waals surface area (Å²) in [5.41, 5.74) is 0.664. The third-order valence-corrected chi connectivity index (χ3v) is 3.16. The molecule has 2 rings (SSSR count). The van der Waals surface area contributed by atoms with Gasteiger partial charge in [0.25, 0.3) is 0 Å². The molecule has 0 aromatic carbocycles. The smallest absolute Gasteiger partial charge is 0.246 e. The lowest BCUT2D eigenvalue weighted by Gasteiger charge is -2.36. The van der Waals surface area contributed by atoms with Crippen molar-refractivity contribution in [2.45, 2.75) is 45.8 Å². The fourth-order valence-corrected chi connectivity index (χ4v) is 2.05. The summed E-state index contributed by atoms with van der Waals surface area (Å²) in [6.07, 6.45) is 0.589. The van der Waals surface area contributed by atoms with Crippen molar-refractivity contribution in [3.8, 4) is 0 Å². The first-order valence-electron chi connectivity index (χ1n) is 6.06. The van der Waals surface area contributed by atoms with E-state index in [4.69, 9.17) is 4.52 Å². The number of piperazine rings is 1. The van der Waals surface area contributed by atoms with Gasteiger partial charge in [0.05, 0.1) is 6.54 Å². The normalized spacial score (nSPS) is 24.3. The molecule has 98 valence electrons. The molecular weight excluding hydrogens is 234 g/mol. The summed E-state index contributed by atoms with van der Waals surface area (Å²) in [5, 5.41) is 6.57. The van der Waals surface area contributed by atoms with Crippen LogP contribution >= 0.6 is 0 Å². The summed E-state index contributed by atoms with van der Waals surface area (Å²) in [6, 6.07) is 0.868. The molecule has 1 aliphatic rings. The molecule has 6 nitrogen and oxygen atoms in total. The van der Waals surface area contributed by atoms with E-state index < -0.39 is 12.1 Å². The molecule has 0 spiro atoms. The van der Waals surface area contributed by atoms with E-state index in [-0.39, 0.29) is 11.8 Å². The maximum Gasteiger partial charge on any atom is 0.246 e. The highest BCUT2D eigenvalue weighted by molar-refractivity contribution is 5.96. The van der Waals surface area contributed by atoms with E-state index in [1.165, 1.54) is 0 Å². The van der Waals surface area contributed by atoms with Crippen LogP contribution in [0.15, 0.2) is 10.6 Å². The first kappa shape index (κ1) is 12.6. The Balaban J connectivity index is 2.17. The van der Waals surface area contributed by atoms with E-state index in [2.05, 4.69) is 10.5 Å². The maximum atomic E-state index is 12.2. The van der Waals surface area contributed by atoms with Gasteiger partial charge in [-0.1, -0.05) is 12.1 Å². The Kier molecular flexibility index (Phi) is 3.36. The lowest BCUT2D eigenvalue weighted by atomic mass is 10.1. The minimum Gasteiger partial charge on any atom is -0.361 e. The number of hydrogen-bond acceptors (Lipinski definition) is 4. The predicted molar refractivity (Wildman–Crippen MR) is 63.5 cm³/mol. The van der Waals surface area contributed by atoms with Gasteiger partial charge in [0.15, 0.2) is 0 Å². The molecule has 0 bridgehead atoms. The molecule has 0 aliphatic carbocycles. The van der Waals surface area contributed by atoms with E-state index >= 15 is 0 Å². The Labute approximate surface area is 105 Å². The molecule has 1 saturated heterocycles. The van der Waals surface area contributed by atoms with Gasteiger partial charge < -0.3 is 14.7 Å². The van der Waals surface area contributed by atoms with Crippen LogP contribution in [0.1, 0.15) is 31.7 Å².